The van der Waals surface area contributed by atoms with E-state index in [1.54, 1.807) is 0 Å². The first-order valence-electron chi connectivity index (χ1n) is 4.76. The van der Waals surface area contributed by atoms with Gasteiger partial charge in [0.05, 0.1) is 23.1 Å². The Bertz CT molecular complexity index is 667. The molecule has 0 radical (unpaired) electrons. The number of Topliss-reactive ketones (excluding diaryl/α,β-unsaturated/α-hetero) is 1. The number of non-ortho nitro benzene ring substituents is 1. The van der Waals surface area contributed by atoms with Crippen LogP contribution in [0.3, 0.4) is 0 Å². The highest BCUT2D eigenvalue weighted by Gasteiger charge is 2.14. The number of carbonyl (C=O) groups excluding carboxylic acids is 1. The number of oxazole rings is 1. The molecule has 0 aliphatic heterocycles. The lowest BCUT2D eigenvalue weighted by Gasteiger charge is -1.97. The standard InChI is InChI=1S/C10H8N2O5/c1-6(13)5-11-8-3-2-7(12(15)16)4-9(8)17-10(11)14/h2-4H,5H2,1H3. The average Bonchev–Trinajstić information content (AvgIpc) is 2.54. The van der Waals surface area contributed by atoms with Crippen LogP contribution in [0.5, 0.6) is 0 Å². The maximum atomic E-state index is 11.4. The van der Waals surface area contributed by atoms with Crippen LogP contribution in [0.2, 0.25) is 0 Å². The van der Waals surface area contributed by atoms with E-state index in [2.05, 4.69) is 0 Å². The fourth-order valence-electron chi connectivity index (χ4n) is 1.54. The van der Waals surface area contributed by atoms with E-state index >= 15 is 0 Å². The minimum absolute atomic E-state index is 0.102. The maximum Gasteiger partial charge on any atom is 0.420 e. The van der Waals surface area contributed by atoms with E-state index in [1.165, 1.54) is 19.1 Å². The Hall–Kier alpha value is -2.44. The van der Waals surface area contributed by atoms with Gasteiger partial charge in [-0.05, 0) is 13.0 Å². The van der Waals surface area contributed by atoms with Crippen LogP contribution in [0.4, 0.5) is 5.69 Å². The molecule has 7 nitrogen and oxygen atoms in total. The summed E-state index contributed by atoms with van der Waals surface area (Å²) in [4.78, 5) is 32.4. The number of nitrogens with zero attached hydrogens (tertiary/aromatic N) is 2. The van der Waals surface area contributed by atoms with E-state index < -0.39 is 10.7 Å². The number of hydrogen-bond acceptors (Lipinski definition) is 5. The number of rotatable bonds is 3. The van der Waals surface area contributed by atoms with Crippen molar-refractivity contribution in [2.75, 3.05) is 0 Å². The smallest absolute Gasteiger partial charge is 0.407 e. The summed E-state index contributed by atoms with van der Waals surface area (Å²) in [5.41, 5.74) is 0.308. The van der Waals surface area contributed by atoms with E-state index in [0.717, 1.165) is 10.6 Å². The summed E-state index contributed by atoms with van der Waals surface area (Å²) >= 11 is 0. The summed E-state index contributed by atoms with van der Waals surface area (Å²) in [6.07, 6.45) is 0. The number of hydrogen-bond donors (Lipinski definition) is 0. The monoisotopic (exact) mass is 236 g/mol. The van der Waals surface area contributed by atoms with Gasteiger partial charge in [-0.15, -0.1) is 0 Å². The normalized spacial score (nSPS) is 10.6. The van der Waals surface area contributed by atoms with Crippen molar-refractivity contribution >= 4 is 22.6 Å². The van der Waals surface area contributed by atoms with Gasteiger partial charge in [0.15, 0.2) is 5.58 Å². The zero-order valence-electron chi connectivity index (χ0n) is 8.87. The third-order valence-corrected chi connectivity index (χ3v) is 2.24. The van der Waals surface area contributed by atoms with E-state index in [4.69, 9.17) is 4.42 Å². The van der Waals surface area contributed by atoms with Crippen LogP contribution >= 0.6 is 0 Å². The zero-order valence-corrected chi connectivity index (χ0v) is 8.87. The second-order valence-corrected chi connectivity index (χ2v) is 3.57. The zero-order chi connectivity index (χ0) is 12.6. The molecule has 0 aliphatic rings. The lowest BCUT2D eigenvalue weighted by molar-refractivity contribution is -0.384. The van der Waals surface area contributed by atoms with Gasteiger partial charge in [0.25, 0.3) is 5.69 Å². The predicted molar refractivity (Wildman–Crippen MR) is 57.8 cm³/mol. The first-order chi connectivity index (χ1) is 7.99. The molecule has 0 spiro atoms. The van der Waals surface area contributed by atoms with Gasteiger partial charge in [0, 0.05) is 6.07 Å². The van der Waals surface area contributed by atoms with E-state index in [1.807, 2.05) is 0 Å². The number of benzene rings is 1. The molecule has 2 aromatic rings. The second kappa shape index (κ2) is 3.85. The SMILES string of the molecule is CC(=O)Cn1c(=O)oc2cc([N+](=O)[O-])ccc21. The molecule has 0 fully saturated rings. The summed E-state index contributed by atoms with van der Waals surface area (Å²) in [5.74, 6) is -0.899. The highest BCUT2D eigenvalue weighted by atomic mass is 16.6. The quantitative estimate of drug-likeness (QED) is 0.587. The summed E-state index contributed by atoms with van der Waals surface area (Å²) in [7, 11) is 0. The summed E-state index contributed by atoms with van der Waals surface area (Å²) < 4.78 is 5.98. The number of carbonyl (C=O) groups is 1. The molecule has 2 rings (SSSR count). The van der Waals surface area contributed by atoms with Crippen molar-refractivity contribution in [1.82, 2.24) is 4.57 Å². The van der Waals surface area contributed by atoms with E-state index in [0.29, 0.717) is 5.52 Å². The average molecular weight is 236 g/mol. The van der Waals surface area contributed by atoms with Crippen LogP contribution < -0.4 is 5.76 Å². The minimum Gasteiger partial charge on any atom is -0.407 e. The summed E-state index contributed by atoms with van der Waals surface area (Å²) in [5, 5.41) is 10.5. The number of aromatic nitrogens is 1. The molecule has 1 heterocycles. The largest absolute Gasteiger partial charge is 0.420 e. The van der Waals surface area contributed by atoms with Crippen LogP contribution in [0, 0.1) is 10.1 Å². The number of ketones is 1. The third kappa shape index (κ3) is 1.94. The number of nitro benzene ring substituents is 1. The Morgan fingerprint density at radius 2 is 2.24 bits per heavy atom. The lowest BCUT2D eigenvalue weighted by Crippen LogP contribution is -2.18. The van der Waals surface area contributed by atoms with Crippen LogP contribution in [0.25, 0.3) is 11.1 Å². The van der Waals surface area contributed by atoms with Gasteiger partial charge >= 0.3 is 5.76 Å². The minimum atomic E-state index is -0.698. The summed E-state index contributed by atoms with van der Waals surface area (Å²) in [6, 6.07) is 3.81. The molecular weight excluding hydrogens is 228 g/mol. The number of nitro groups is 1. The van der Waals surface area contributed by atoms with Crippen molar-refractivity contribution in [2.24, 2.45) is 0 Å². The van der Waals surface area contributed by atoms with Crippen molar-refractivity contribution in [3.05, 3.63) is 38.9 Å². The molecule has 0 unspecified atom stereocenters. The van der Waals surface area contributed by atoms with Crippen molar-refractivity contribution in [1.29, 1.82) is 0 Å². The molecular formula is C10H8N2O5. The Kier molecular flexibility index (Phi) is 2.51. The topological polar surface area (TPSA) is 95.3 Å². The molecule has 17 heavy (non-hydrogen) atoms. The molecule has 0 saturated heterocycles. The Labute approximate surface area is 94.4 Å². The van der Waals surface area contributed by atoms with Crippen LogP contribution in [-0.4, -0.2) is 15.3 Å². The number of fused-ring (bicyclic) bond motifs is 1. The molecule has 0 saturated carbocycles. The lowest BCUT2D eigenvalue weighted by atomic mass is 10.3. The first-order valence-corrected chi connectivity index (χ1v) is 4.76. The van der Waals surface area contributed by atoms with Gasteiger partial charge in [0.1, 0.15) is 5.78 Å². The van der Waals surface area contributed by atoms with Crippen LogP contribution in [-0.2, 0) is 11.3 Å². The highest BCUT2D eigenvalue weighted by Crippen LogP contribution is 2.19. The molecule has 0 aliphatic carbocycles. The molecule has 0 atom stereocenters. The Morgan fingerprint density at radius 1 is 1.53 bits per heavy atom. The van der Waals surface area contributed by atoms with Crippen molar-refractivity contribution < 1.29 is 14.1 Å². The molecule has 0 N–H and O–H groups in total. The van der Waals surface area contributed by atoms with E-state index in [-0.39, 0.29) is 23.6 Å². The molecule has 7 heteroatoms. The highest BCUT2D eigenvalue weighted by molar-refractivity contribution is 5.80. The van der Waals surface area contributed by atoms with Crippen molar-refractivity contribution in [3.8, 4) is 0 Å². The molecule has 0 amide bonds. The second-order valence-electron chi connectivity index (χ2n) is 3.57. The predicted octanol–water partition coefficient (Wildman–Crippen LogP) is 1.09. The van der Waals surface area contributed by atoms with Gasteiger partial charge in [-0.1, -0.05) is 0 Å². The summed E-state index contributed by atoms with van der Waals surface area (Å²) in [6.45, 7) is 1.24. The van der Waals surface area contributed by atoms with E-state index in [9.17, 15) is 19.7 Å². The van der Waals surface area contributed by atoms with Crippen LogP contribution in [0.15, 0.2) is 27.4 Å². The molecule has 0 bridgehead atoms. The van der Waals surface area contributed by atoms with Crippen molar-refractivity contribution in [3.63, 3.8) is 0 Å². The fraction of sp³-hybridized carbons (Fsp3) is 0.200. The van der Waals surface area contributed by atoms with Gasteiger partial charge < -0.3 is 4.42 Å². The maximum absolute atomic E-state index is 11.4. The van der Waals surface area contributed by atoms with Gasteiger partial charge in [0.2, 0.25) is 0 Å². The molecule has 1 aromatic heterocycles. The van der Waals surface area contributed by atoms with Gasteiger partial charge in [-0.3, -0.25) is 19.5 Å². The molecule has 88 valence electrons. The van der Waals surface area contributed by atoms with Gasteiger partial charge in [-0.25, -0.2) is 4.79 Å². The van der Waals surface area contributed by atoms with Crippen molar-refractivity contribution in [2.45, 2.75) is 13.5 Å². The fourth-order valence-corrected chi connectivity index (χ4v) is 1.54. The molecule has 1 aromatic carbocycles. The third-order valence-electron chi connectivity index (χ3n) is 2.24. The Morgan fingerprint density at radius 3 is 2.82 bits per heavy atom. The first kappa shape index (κ1) is 11.1. The van der Waals surface area contributed by atoms with Crippen LogP contribution in [0.1, 0.15) is 6.92 Å². The Balaban J connectivity index is 2.64. The van der Waals surface area contributed by atoms with Gasteiger partial charge in [-0.2, -0.15) is 0 Å².